The van der Waals surface area contributed by atoms with E-state index >= 15 is 0 Å². The second-order valence-corrected chi connectivity index (χ2v) is 13.3. The van der Waals surface area contributed by atoms with Gasteiger partial charge in [-0.05, 0) is 54.4 Å². The van der Waals surface area contributed by atoms with Gasteiger partial charge in [0.1, 0.15) is 18.3 Å². The lowest BCUT2D eigenvalue weighted by Gasteiger charge is -2.34. The second kappa shape index (κ2) is 16.6. The highest BCUT2D eigenvalue weighted by molar-refractivity contribution is 7.92. The van der Waals surface area contributed by atoms with E-state index in [1.54, 1.807) is 37.3 Å². The molecule has 4 rings (SSSR count). The van der Waals surface area contributed by atoms with Crippen LogP contribution in [0.5, 0.6) is 17.2 Å². The minimum atomic E-state index is -4.50. The van der Waals surface area contributed by atoms with Gasteiger partial charge in [-0.15, -0.1) is 0 Å². The average Bonchev–Trinajstić information content (AvgIpc) is 3.09. The first-order valence-corrected chi connectivity index (χ1v) is 17.2. The van der Waals surface area contributed by atoms with E-state index < -0.39 is 34.4 Å². The standard InChI is InChI=1S/C35H37Cl2N3O7S/c1-5-38-35(42)30(19-24-11-7-6-8-12-24)39(22-25-13-9-10-14-28(25)37)34(41)23-40(29-20-26(36)15-17-31(29)45-2)48(43,44)27-16-18-32(46-3)33(21-27)47-4/h6-18,20-21,30H,5,19,22-23H2,1-4H3,(H,38,42). The van der Waals surface area contributed by atoms with Crippen LogP contribution >= 0.6 is 23.2 Å². The number of halogens is 2. The van der Waals surface area contributed by atoms with Crippen LogP contribution in [-0.4, -0.2) is 65.6 Å². The molecule has 1 atom stereocenters. The Morgan fingerprint density at radius 2 is 1.46 bits per heavy atom. The van der Waals surface area contributed by atoms with Crippen molar-refractivity contribution >= 4 is 50.7 Å². The Bertz CT molecular complexity index is 1840. The van der Waals surface area contributed by atoms with Crippen molar-refractivity contribution in [3.05, 3.63) is 112 Å². The summed E-state index contributed by atoms with van der Waals surface area (Å²) in [4.78, 5) is 29.5. The molecule has 4 aromatic carbocycles. The van der Waals surface area contributed by atoms with Gasteiger partial charge in [-0.25, -0.2) is 8.42 Å². The molecule has 1 N–H and O–H groups in total. The number of ether oxygens (including phenoxy) is 3. The van der Waals surface area contributed by atoms with Crippen molar-refractivity contribution in [1.82, 2.24) is 10.2 Å². The summed E-state index contributed by atoms with van der Waals surface area (Å²) in [5, 5.41) is 3.43. The number of rotatable bonds is 15. The third-order valence-electron chi connectivity index (χ3n) is 7.55. The van der Waals surface area contributed by atoms with Crippen molar-refractivity contribution in [2.75, 3.05) is 38.7 Å². The Balaban J connectivity index is 1.88. The average molecular weight is 715 g/mol. The van der Waals surface area contributed by atoms with Crippen molar-refractivity contribution in [3.63, 3.8) is 0 Å². The molecule has 0 aliphatic carbocycles. The Morgan fingerprint density at radius 1 is 0.812 bits per heavy atom. The van der Waals surface area contributed by atoms with E-state index in [0.29, 0.717) is 22.9 Å². The van der Waals surface area contributed by atoms with Crippen LogP contribution in [0.15, 0.2) is 95.9 Å². The smallest absolute Gasteiger partial charge is 0.265 e. The number of amides is 2. The fraction of sp³-hybridized carbons (Fsp3) is 0.257. The predicted octanol–water partition coefficient (Wildman–Crippen LogP) is 5.99. The maximum absolute atomic E-state index is 14.6. The molecule has 0 saturated heterocycles. The number of sulfonamides is 1. The molecule has 0 radical (unpaired) electrons. The summed E-state index contributed by atoms with van der Waals surface area (Å²) in [5.74, 6) is -0.443. The van der Waals surface area contributed by atoms with Gasteiger partial charge in [-0.3, -0.25) is 13.9 Å². The van der Waals surface area contributed by atoms with Gasteiger partial charge < -0.3 is 24.4 Å². The lowest BCUT2D eigenvalue weighted by atomic mass is 10.0. The van der Waals surface area contributed by atoms with Crippen molar-refractivity contribution in [2.45, 2.75) is 30.8 Å². The quantitative estimate of drug-likeness (QED) is 0.161. The maximum Gasteiger partial charge on any atom is 0.265 e. The van der Waals surface area contributed by atoms with E-state index in [9.17, 15) is 18.0 Å². The highest BCUT2D eigenvalue weighted by atomic mass is 35.5. The monoisotopic (exact) mass is 713 g/mol. The van der Waals surface area contributed by atoms with Crippen molar-refractivity contribution in [1.29, 1.82) is 0 Å². The molecule has 0 aliphatic heterocycles. The Kier molecular flexibility index (Phi) is 12.6. The van der Waals surface area contributed by atoms with Gasteiger partial charge in [0.05, 0.1) is 31.9 Å². The number of hydrogen-bond donors (Lipinski definition) is 1. The number of nitrogens with one attached hydrogen (secondary N) is 1. The molecule has 0 spiro atoms. The number of benzene rings is 4. The summed E-state index contributed by atoms with van der Waals surface area (Å²) in [7, 11) is -0.303. The zero-order chi connectivity index (χ0) is 34.8. The van der Waals surface area contributed by atoms with Gasteiger partial charge >= 0.3 is 0 Å². The molecular weight excluding hydrogens is 677 g/mol. The van der Waals surface area contributed by atoms with Crippen LogP contribution < -0.4 is 23.8 Å². The van der Waals surface area contributed by atoms with Gasteiger partial charge in [0, 0.05) is 35.6 Å². The van der Waals surface area contributed by atoms with E-state index in [1.807, 2.05) is 30.3 Å². The van der Waals surface area contributed by atoms with Gasteiger partial charge in [-0.2, -0.15) is 0 Å². The minimum absolute atomic E-state index is 0.0171. The molecular formula is C35H37Cl2N3O7S. The van der Waals surface area contributed by atoms with Gasteiger partial charge in [0.15, 0.2) is 11.5 Å². The van der Waals surface area contributed by atoms with Crippen molar-refractivity contribution in [2.24, 2.45) is 0 Å². The van der Waals surface area contributed by atoms with E-state index in [4.69, 9.17) is 37.4 Å². The number of hydrogen-bond acceptors (Lipinski definition) is 7. The summed E-state index contributed by atoms with van der Waals surface area (Å²) >= 11 is 12.9. The summed E-state index contributed by atoms with van der Waals surface area (Å²) in [5.41, 5.74) is 1.39. The largest absolute Gasteiger partial charge is 0.495 e. The molecule has 2 amide bonds. The molecule has 48 heavy (non-hydrogen) atoms. The first kappa shape index (κ1) is 36.4. The highest BCUT2D eigenvalue weighted by Gasteiger charge is 2.36. The molecule has 0 saturated carbocycles. The lowest BCUT2D eigenvalue weighted by molar-refractivity contribution is -0.140. The Morgan fingerprint density at radius 3 is 2.10 bits per heavy atom. The topological polar surface area (TPSA) is 114 Å². The van der Waals surface area contributed by atoms with E-state index in [1.165, 1.54) is 56.6 Å². The highest BCUT2D eigenvalue weighted by Crippen LogP contribution is 2.37. The van der Waals surface area contributed by atoms with Gasteiger partial charge in [0.25, 0.3) is 10.0 Å². The Hall–Kier alpha value is -4.45. The summed E-state index contributed by atoms with van der Waals surface area (Å²) in [6.45, 7) is 1.30. The minimum Gasteiger partial charge on any atom is -0.495 e. The number of methoxy groups -OCH3 is 3. The Labute approximate surface area is 291 Å². The summed E-state index contributed by atoms with van der Waals surface area (Å²) in [6.07, 6.45) is 0.159. The first-order valence-electron chi connectivity index (χ1n) is 15.0. The fourth-order valence-electron chi connectivity index (χ4n) is 5.13. The maximum atomic E-state index is 14.6. The summed E-state index contributed by atoms with van der Waals surface area (Å²) < 4.78 is 46.1. The number of carbonyl (C=O) groups excluding carboxylic acids is 2. The van der Waals surface area contributed by atoms with E-state index in [2.05, 4.69) is 5.32 Å². The third kappa shape index (κ3) is 8.52. The van der Waals surface area contributed by atoms with Crippen LogP contribution in [0.3, 0.4) is 0 Å². The molecule has 0 fully saturated rings. The van der Waals surface area contributed by atoms with E-state index in [-0.39, 0.29) is 40.1 Å². The first-order chi connectivity index (χ1) is 23.0. The zero-order valence-electron chi connectivity index (χ0n) is 27.0. The molecule has 0 bridgehead atoms. The van der Waals surface area contributed by atoms with Crippen LogP contribution in [0.25, 0.3) is 0 Å². The number of nitrogens with zero attached hydrogens (tertiary/aromatic N) is 2. The van der Waals surface area contributed by atoms with Crippen LogP contribution in [-0.2, 0) is 32.6 Å². The van der Waals surface area contributed by atoms with Crippen LogP contribution in [0.4, 0.5) is 5.69 Å². The molecule has 1 unspecified atom stereocenters. The van der Waals surface area contributed by atoms with Gasteiger partial charge in [0.2, 0.25) is 11.8 Å². The zero-order valence-corrected chi connectivity index (χ0v) is 29.3. The SMILES string of the molecule is CCNC(=O)C(Cc1ccccc1)N(Cc1ccccc1Cl)C(=O)CN(c1cc(Cl)ccc1OC)S(=O)(=O)c1ccc(OC)c(OC)c1. The number of likely N-dealkylation sites (N-methyl/N-ethyl adjacent to an activating group) is 1. The molecule has 0 aromatic heterocycles. The number of carbonyl (C=O) groups is 2. The predicted molar refractivity (Wildman–Crippen MR) is 187 cm³/mol. The molecule has 4 aromatic rings. The van der Waals surface area contributed by atoms with Crippen LogP contribution in [0.2, 0.25) is 10.0 Å². The molecule has 254 valence electrons. The van der Waals surface area contributed by atoms with Gasteiger partial charge in [-0.1, -0.05) is 71.7 Å². The van der Waals surface area contributed by atoms with Crippen molar-refractivity contribution in [3.8, 4) is 17.2 Å². The third-order valence-corrected chi connectivity index (χ3v) is 9.91. The molecule has 10 nitrogen and oxygen atoms in total. The van der Waals surface area contributed by atoms with Crippen LogP contribution in [0.1, 0.15) is 18.1 Å². The normalized spacial score (nSPS) is 11.7. The second-order valence-electron chi connectivity index (χ2n) is 10.6. The molecule has 13 heteroatoms. The lowest BCUT2D eigenvalue weighted by Crippen LogP contribution is -2.53. The van der Waals surface area contributed by atoms with E-state index in [0.717, 1.165) is 9.87 Å². The number of anilines is 1. The van der Waals surface area contributed by atoms with Crippen molar-refractivity contribution < 1.29 is 32.2 Å². The fourth-order valence-corrected chi connectivity index (χ4v) is 6.93. The molecule has 0 aliphatic rings. The summed E-state index contributed by atoms with van der Waals surface area (Å²) in [6, 6.07) is 23.7. The molecule has 0 heterocycles. The van der Waals surface area contributed by atoms with Crippen LogP contribution in [0, 0.1) is 0 Å².